The van der Waals surface area contributed by atoms with Crippen molar-refractivity contribution in [2.45, 2.75) is 26.1 Å². The van der Waals surface area contributed by atoms with E-state index >= 15 is 0 Å². The monoisotopic (exact) mass is 463 g/mol. The first-order chi connectivity index (χ1) is 14.9. The van der Waals surface area contributed by atoms with Crippen molar-refractivity contribution >= 4 is 43.7 Å². The second-order valence-corrected chi connectivity index (χ2v) is 9.48. The molecule has 2 atom stereocenters. The normalized spacial score (nSPS) is 14.3. The van der Waals surface area contributed by atoms with E-state index in [2.05, 4.69) is 25.9 Å². The summed E-state index contributed by atoms with van der Waals surface area (Å²) in [5.41, 5.74) is 2.17. The lowest BCUT2D eigenvalue weighted by atomic mass is 10.1. The highest BCUT2D eigenvalue weighted by Gasteiger charge is 2.38. The molecule has 0 aliphatic heterocycles. The van der Waals surface area contributed by atoms with Gasteiger partial charge in [0.15, 0.2) is 6.10 Å². The first-order valence-corrected chi connectivity index (χ1v) is 11.4. The van der Waals surface area contributed by atoms with Gasteiger partial charge in [0.2, 0.25) is 0 Å². The number of nitriles is 1. The van der Waals surface area contributed by atoms with Crippen molar-refractivity contribution < 1.29 is 22.1 Å². The molecule has 11 heteroatoms. The Morgan fingerprint density at radius 1 is 1.25 bits per heavy atom. The molecule has 3 rings (SSSR count). The number of hydrogen-bond acceptors (Lipinski definition) is 6. The Labute approximate surface area is 183 Å². The zero-order valence-electron chi connectivity index (χ0n) is 17.4. The van der Waals surface area contributed by atoms with Crippen LogP contribution in [0.1, 0.15) is 18.1 Å². The summed E-state index contributed by atoms with van der Waals surface area (Å²) in [6.45, 7) is 2.68. The third-order valence-electron chi connectivity index (χ3n) is 4.40. The molecule has 0 saturated heterocycles. The van der Waals surface area contributed by atoms with Crippen LogP contribution in [0.15, 0.2) is 36.7 Å². The molecule has 2 N–H and O–H groups in total. The number of ether oxygens (including phenoxy) is 1. The highest BCUT2D eigenvalue weighted by Crippen LogP contribution is 2.35. The standard InChI is InChI=1S/C21H20F3N5O2S/c1-12-7-15(29-32(3,4)30)9-17-19(12)20(27-11-26-17)28-16-6-5-14(10-25)8-18(16)31-13(2)21(22,23)24/h5-9,11,13H,3H2,1-2,4H3,(H,29,30)(H,26,27,28). The Morgan fingerprint density at radius 3 is 2.59 bits per heavy atom. The van der Waals surface area contributed by atoms with Gasteiger partial charge in [-0.3, -0.25) is 0 Å². The van der Waals surface area contributed by atoms with Crippen LogP contribution in [0.2, 0.25) is 0 Å². The van der Waals surface area contributed by atoms with E-state index in [4.69, 9.17) is 10.00 Å². The van der Waals surface area contributed by atoms with Crippen molar-refractivity contribution in [2.75, 3.05) is 16.3 Å². The van der Waals surface area contributed by atoms with Crippen LogP contribution in [0.25, 0.3) is 10.9 Å². The molecule has 168 valence electrons. The van der Waals surface area contributed by atoms with Gasteiger partial charge in [-0.2, -0.15) is 18.4 Å². The molecule has 0 spiro atoms. The fourth-order valence-corrected chi connectivity index (χ4v) is 3.59. The minimum atomic E-state index is -4.58. The van der Waals surface area contributed by atoms with Gasteiger partial charge < -0.3 is 14.8 Å². The molecule has 0 aliphatic carbocycles. The van der Waals surface area contributed by atoms with E-state index < -0.39 is 22.0 Å². The quantitative estimate of drug-likeness (QED) is 0.520. The van der Waals surface area contributed by atoms with Gasteiger partial charge in [-0.05, 0) is 49.5 Å². The molecular formula is C21H20F3N5O2S. The van der Waals surface area contributed by atoms with Crippen LogP contribution in [0, 0.1) is 18.3 Å². The van der Waals surface area contributed by atoms with Crippen molar-refractivity contribution in [3.05, 3.63) is 47.8 Å². The molecule has 0 fully saturated rings. The SMILES string of the molecule is C=S(C)(=O)Nc1cc(C)c2c(Nc3ccc(C#N)cc3OC(C)C(F)(F)F)ncnc2c1. The zero-order valence-corrected chi connectivity index (χ0v) is 18.3. The molecule has 2 aromatic carbocycles. The van der Waals surface area contributed by atoms with Gasteiger partial charge in [-0.25, -0.2) is 14.2 Å². The topological polar surface area (TPSA) is 99.9 Å². The molecule has 0 amide bonds. The molecule has 0 aliphatic rings. The molecule has 0 radical (unpaired) electrons. The Bertz CT molecular complexity index is 1320. The lowest BCUT2D eigenvalue weighted by molar-refractivity contribution is -0.189. The van der Waals surface area contributed by atoms with Crippen LogP contribution in [-0.2, 0) is 9.71 Å². The molecule has 1 aromatic heterocycles. The summed E-state index contributed by atoms with van der Waals surface area (Å²) < 4.78 is 59.0. The van der Waals surface area contributed by atoms with E-state index in [1.54, 1.807) is 19.1 Å². The van der Waals surface area contributed by atoms with E-state index in [1.807, 2.05) is 6.07 Å². The first-order valence-electron chi connectivity index (χ1n) is 9.27. The summed E-state index contributed by atoms with van der Waals surface area (Å²) in [6.07, 6.45) is -3.90. The van der Waals surface area contributed by atoms with Crippen molar-refractivity contribution in [2.24, 2.45) is 0 Å². The average Bonchev–Trinajstić information content (AvgIpc) is 2.67. The highest BCUT2D eigenvalue weighted by atomic mass is 32.2. The minimum Gasteiger partial charge on any atom is -0.479 e. The van der Waals surface area contributed by atoms with Gasteiger partial charge in [-0.15, -0.1) is 0 Å². The predicted octanol–water partition coefficient (Wildman–Crippen LogP) is 4.56. The molecular weight excluding hydrogens is 443 g/mol. The van der Waals surface area contributed by atoms with E-state index in [0.717, 1.165) is 12.5 Å². The van der Waals surface area contributed by atoms with Crippen LogP contribution >= 0.6 is 0 Å². The molecule has 32 heavy (non-hydrogen) atoms. The van der Waals surface area contributed by atoms with Crippen LogP contribution in [0.5, 0.6) is 5.75 Å². The number of halogens is 3. The third-order valence-corrected chi connectivity index (χ3v) is 5.06. The number of fused-ring (bicyclic) bond motifs is 1. The maximum atomic E-state index is 13.0. The maximum absolute atomic E-state index is 13.0. The zero-order chi connectivity index (χ0) is 23.7. The number of nitrogens with zero attached hydrogens (tertiary/aromatic N) is 3. The second-order valence-electron chi connectivity index (χ2n) is 7.27. The van der Waals surface area contributed by atoms with E-state index in [1.165, 1.54) is 30.8 Å². The number of benzene rings is 2. The maximum Gasteiger partial charge on any atom is 0.425 e. The van der Waals surface area contributed by atoms with Crippen molar-refractivity contribution in [3.8, 4) is 11.8 Å². The lowest BCUT2D eigenvalue weighted by Crippen LogP contribution is -2.31. The van der Waals surface area contributed by atoms with E-state index in [9.17, 15) is 17.4 Å². The van der Waals surface area contributed by atoms with Gasteiger partial charge in [-0.1, -0.05) is 0 Å². The summed E-state index contributed by atoms with van der Waals surface area (Å²) in [6, 6.07) is 9.44. The molecule has 0 saturated carbocycles. The number of hydrogen-bond donors (Lipinski definition) is 2. The highest BCUT2D eigenvalue weighted by molar-refractivity contribution is 8.00. The molecule has 3 aromatic rings. The molecule has 7 nitrogen and oxygen atoms in total. The first kappa shape index (κ1) is 23.1. The Kier molecular flexibility index (Phi) is 6.18. The number of anilines is 3. The number of aromatic nitrogens is 2. The summed E-state index contributed by atoms with van der Waals surface area (Å²) in [7, 11) is -2.50. The van der Waals surface area contributed by atoms with Crippen LogP contribution < -0.4 is 14.8 Å². The van der Waals surface area contributed by atoms with E-state index in [-0.39, 0.29) is 17.0 Å². The van der Waals surface area contributed by atoms with Gasteiger partial charge in [0.1, 0.15) is 17.9 Å². The van der Waals surface area contributed by atoms with Gasteiger partial charge >= 0.3 is 6.18 Å². The largest absolute Gasteiger partial charge is 0.479 e. The Balaban J connectivity index is 2.05. The average molecular weight is 463 g/mol. The predicted molar refractivity (Wildman–Crippen MR) is 120 cm³/mol. The van der Waals surface area contributed by atoms with Gasteiger partial charge in [0.25, 0.3) is 0 Å². The van der Waals surface area contributed by atoms with Crippen LogP contribution in [0.3, 0.4) is 0 Å². The molecule has 2 unspecified atom stereocenters. The number of alkyl halides is 3. The van der Waals surface area contributed by atoms with E-state index in [0.29, 0.717) is 22.4 Å². The number of rotatable bonds is 6. The number of aryl methyl sites for hydroxylation is 1. The van der Waals surface area contributed by atoms with Crippen LogP contribution in [0.4, 0.5) is 30.4 Å². The summed E-state index contributed by atoms with van der Waals surface area (Å²) in [5.74, 6) is 3.76. The molecule has 1 heterocycles. The fraction of sp³-hybridized carbons (Fsp3) is 0.238. The second kappa shape index (κ2) is 8.55. The molecule has 0 bridgehead atoms. The minimum absolute atomic E-state index is 0.139. The van der Waals surface area contributed by atoms with Crippen molar-refractivity contribution in [1.82, 2.24) is 9.97 Å². The van der Waals surface area contributed by atoms with Crippen LogP contribution in [-0.4, -0.2) is 38.6 Å². The fourth-order valence-electron chi connectivity index (χ4n) is 2.97. The van der Waals surface area contributed by atoms with Gasteiger partial charge in [0, 0.05) is 33.1 Å². The lowest BCUT2D eigenvalue weighted by Gasteiger charge is -2.20. The van der Waals surface area contributed by atoms with Crippen molar-refractivity contribution in [3.63, 3.8) is 0 Å². The van der Waals surface area contributed by atoms with Crippen molar-refractivity contribution in [1.29, 1.82) is 5.26 Å². The summed E-state index contributed by atoms with van der Waals surface area (Å²) in [4.78, 5) is 8.46. The van der Waals surface area contributed by atoms with Gasteiger partial charge in [0.05, 0.1) is 22.8 Å². The smallest absolute Gasteiger partial charge is 0.425 e. The Hall–Kier alpha value is -3.52. The number of nitrogens with one attached hydrogen (secondary N) is 2. The summed E-state index contributed by atoms with van der Waals surface area (Å²) in [5, 5.41) is 12.7. The summed E-state index contributed by atoms with van der Waals surface area (Å²) >= 11 is 0. The third kappa shape index (κ3) is 5.39. The Morgan fingerprint density at radius 2 is 1.97 bits per heavy atom.